The number of benzene rings is 2. The average Bonchev–Trinajstić information content (AvgIpc) is 2.76. The minimum Gasteiger partial charge on any atom is -0.496 e. The molecule has 2 rings (SSSR count). The van der Waals surface area contributed by atoms with Crippen LogP contribution < -0.4 is 9.47 Å². The topological polar surface area (TPSA) is 27.7 Å². The summed E-state index contributed by atoms with van der Waals surface area (Å²) in [7, 11) is 1.49. The van der Waals surface area contributed by atoms with Crippen molar-refractivity contribution in [3.63, 3.8) is 0 Å². The molecular formula is C26H35F3O3. The van der Waals surface area contributed by atoms with Crippen molar-refractivity contribution >= 4 is 0 Å². The van der Waals surface area contributed by atoms with Gasteiger partial charge < -0.3 is 14.2 Å². The SMILES string of the molecule is CCCCCCCCOc1cc(F)c(COCCc2ccc(C(C)(F)F)cc2)c(OC)c1. The molecule has 2 aromatic rings. The first kappa shape index (κ1) is 26.0. The third kappa shape index (κ3) is 8.73. The molecule has 6 heteroatoms. The Hall–Kier alpha value is -2.21. The van der Waals surface area contributed by atoms with Gasteiger partial charge in [-0.2, -0.15) is 0 Å². The highest BCUT2D eigenvalue weighted by atomic mass is 19.3. The summed E-state index contributed by atoms with van der Waals surface area (Å²) >= 11 is 0. The Labute approximate surface area is 189 Å². The minimum absolute atomic E-state index is 0.0206. The number of ether oxygens (including phenoxy) is 3. The molecule has 0 amide bonds. The Balaban J connectivity index is 1.80. The third-order valence-corrected chi connectivity index (χ3v) is 5.36. The van der Waals surface area contributed by atoms with Gasteiger partial charge in [0.2, 0.25) is 0 Å². The van der Waals surface area contributed by atoms with Crippen molar-refractivity contribution in [1.82, 2.24) is 0 Å². The fourth-order valence-corrected chi connectivity index (χ4v) is 3.39. The Morgan fingerprint density at radius 2 is 1.59 bits per heavy atom. The average molecular weight is 453 g/mol. The standard InChI is InChI=1S/C26H35F3O3/c1-4-5-6-7-8-9-15-32-22-17-24(27)23(25(18-22)30-3)19-31-16-14-20-10-12-21(13-11-20)26(2,28)29/h10-13,17-18H,4-9,14-16,19H2,1-3H3. The Bertz CT molecular complexity index is 801. The highest BCUT2D eigenvalue weighted by molar-refractivity contribution is 5.41. The summed E-state index contributed by atoms with van der Waals surface area (Å²) in [5, 5.41) is 0. The van der Waals surface area contributed by atoms with E-state index >= 15 is 0 Å². The zero-order valence-electron chi connectivity index (χ0n) is 19.4. The van der Waals surface area contributed by atoms with E-state index in [-0.39, 0.29) is 12.2 Å². The van der Waals surface area contributed by atoms with Crippen molar-refractivity contribution in [2.75, 3.05) is 20.3 Å². The number of hydrogen-bond donors (Lipinski definition) is 0. The van der Waals surface area contributed by atoms with Gasteiger partial charge >= 0.3 is 0 Å². The lowest BCUT2D eigenvalue weighted by Crippen LogP contribution is -2.07. The van der Waals surface area contributed by atoms with Crippen LogP contribution in [0.1, 0.15) is 69.1 Å². The summed E-state index contributed by atoms with van der Waals surface area (Å²) in [6, 6.07) is 9.20. The Morgan fingerprint density at radius 3 is 2.25 bits per heavy atom. The maximum Gasteiger partial charge on any atom is 0.270 e. The number of methoxy groups -OCH3 is 1. The first-order valence-corrected chi connectivity index (χ1v) is 11.4. The van der Waals surface area contributed by atoms with Crippen LogP contribution in [0.15, 0.2) is 36.4 Å². The van der Waals surface area contributed by atoms with Gasteiger partial charge in [-0.05, 0) is 18.4 Å². The lowest BCUT2D eigenvalue weighted by molar-refractivity contribution is 0.0174. The normalized spacial score (nSPS) is 11.6. The summed E-state index contributed by atoms with van der Waals surface area (Å²) in [4.78, 5) is 0. The Morgan fingerprint density at radius 1 is 0.906 bits per heavy atom. The zero-order chi connectivity index (χ0) is 23.4. The number of unbranched alkanes of at least 4 members (excludes halogenated alkanes) is 5. The van der Waals surface area contributed by atoms with Crippen molar-refractivity contribution in [3.8, 4) is 11.5 Å². The molecular weight excluding hydrogens is 417 g/mol. The van der Waals surface area contributed by atoms with E-state index in [4.69, 9.17) is 14.2 Å². The van der Waals surface area contributed by atoms with Crippen LogP contribution in [0.2, 0.25) is 0 Å². The van der Waals surface area contributed by atoms with E-state index in [0.29, 0.717) is 36.7 Å². The molecule has 0 radical (unpaired) electrons. The fraction of sp³-hybridized carbons (Fsp3) is 0.538. The first-order chi connectivity index (χ1) is 15.3. The summed E-state index contributed by atoms with van der Waals surface area (Å²) < 4.78 is 57.8. The molecule has 0 saturated heterocycles. The van der Waals surface area contributed by atoms with Gasteiger partial charge in [-0.3, -0.25) is 0 Å². The number of rotatable bonds is 15. The van der Waals surface area contributed by atoms with Crippen LogP contribution in [0, 0.1) is 5.82 Å². The van der Waals surface area contributed by atoms with Crippen molar-refractivity contribution < 1.29 is 27.4 Å². The van der Waals surface area contributed by atoms with Gasteiger partial charge in [-0.1, -0.05) is 63.3 Å². The molecule has 0 bridgehead atoms. The van der Waals surface area contributed by atoms with E-state index in [9.17, 15) is 13.2 Å². The molecule has 0 fully saturated rings. The van der Waals surface area contributed by atoms with Crippen LogP contribution >= 0.6 is 0 Å². The van der Waals surface area contributed by atoms with Crippen LogP contribution in [0.3, 0.4) is 0 Å². The molecule has 0 aliphatic carbocycles. The predicted octanol–water partition coefficient (Wildman–Crippen LogP) is 7.44. The maximum atomic E-state index is 14.6. The van der Waals surface area contributed by atoms with Crippen molar-refractivity contribution in [3.05, 3.63) is 58.9 Å². The van der Waals surface area contributed by atoms with Crippen LogP contribution in [0.4, 0.5) is 13.2 Å². The summed E-state index contributed by atoms with van der Waals surface area (Å²) in [5.74, 6) is -2.45. The molecule has 0 spiro atoms. The van der Waals surface area contributed by atoms with Crippen LogP contribution in [0.5, 0.6) is 11.5 Å². The van der Waals surface area contributed by atoms with Gasteiger partial charge in [-0.25, -0.2) is 13.2 Å². The molecule has 178 valence electrons. The van der Waals surface area contributed by atoms with Crippen molar-refractivity contribution in [1.29, 1.82) is 0 Å². The smallest absolute Gasteiger partial charge is 0.270 e. The van der Waals surface area contributed by atoms with Gasteiger partial charge in [0.25, 0.3) is 5.92 Å². The molecule has 32 heavy (non-hydrogen) atoms. The fourth-order valence-electron chi connectivity index (χ4n) is 3.39. The van der Waals surface area contributed by atoms with E-state index < -0.39 is 11.7 Å². The second kappa shape index (κ2) is 13.4. The minimum atomic E-state index is -2.85. The van der Waals surface area contributed by atoms with E-state index in [2.05, 4.69) is 6.92 Å². The predicted molar refractivity (Wildman–Crippen MR) is 121 cm³/mol. The lowest BCUT2D eigenvalue weighted by atomic mass is 10.1. The van der Waals surface area contributed by atoms with Crippen molar-refractivity contribution in [2.24, 2.45) is 0 Å². The quantitative estimate of drug-likeness (QED) is 0.263. The van der Waals surface area contributed by atoms with Crippen LogP contribution in [-0.2, 0) is 23.7 Å². The van der Waals surface area contributed by atoms with Crippen LogP contribution in [-0.4, -0.2) is 20.3 Å². The summed E-state index contributed by atoms with van der Waals surface area (Å²) in [5.41, 5.74) is 1.19. The van der Waals surface area contributed by atoms with Gasteiger partial charge in [-0.15, -0.1) is 0 Å². The number of alkyl halides is 2. The molecule has 0 N–H and O–H groups in total. The van der Waals surface area contributed by atoms with E-state index in [1.165, 1.54) is 51.0 Å². The number of hydrogen-bond acceptors (Lipinski definition) is 3. The third-order valence-electron chi connectivity index (χ3n) is 5.36. The molecule has 0 unspecified atom stereocenters. The van der Waals surface area contributed by atoms with Crippen molar-refractivity contribution in [2.45, 2.75) is 71.3 Å². The second-order valence-corrected chi connectivity index (χ2v) is 8.09. The van der Waals surface area contributed by atoms with Crippen LogP contribution in [0.25, 0.3) is 0 Å². The summed E-state index contributed by atoms with van der Waals surface area (Å²) in [6.07, 6.45) is 7.51. The van der Waals surface area contributed by atoms with Gasteiger partial charge in [0, 0.05) is 24.6 Å². The van der Waals surface area contributed by atoms with Gasteiger partial charge in [0.1, 0.15) is 17.3 Å². The molecule has 0 atom stereocenters. The second-order valence-electron chi connectivity index (χ2n) is 8.09. The molecule has 2 aromatic carbocycles. The molecule has 0 aliphatic rings. The summed E-state index contributed by atoms with van der Waals surface area (Å²) in [6.45, 7) is 4.00. The molecule has 0 saturated carbocycles. The zero-order valence-corrected chi connectivity index (χ0v) is 19.4. The lowest BCUT2D eigenvalue weighted by Gasteiger charge is -2.14. The molecule has 0 heterocycles. The molecule has 0 aromatic heterocycles. The molecule has 3 nitrogen and oxygen atoms in total. The van der Waals surface area contributed by atoms with Gasteiger partial charge in [0.15, 0.2) is 0 Å². The van der Waals surface area contributed by atoms with E-state index in [1.54, 1.807) is 18.2 Å². The highest BCUT2D eigenvalue weighted by Crippen LogP contribution is 2.29. The number of halogens is 3. The Kier molecular flexibility index (Phi) is 10.9. The maximum absolute atomic E-state index is 14.6. The monoisotopic (exact) mass is 452 g/mol. The van der Waals surface area contributed by atoms with E-state index in [1.807, 2.05) is 0 Å². The van der Waals surface area contributed by atoms with Gasteiger partial charge in [0.05, 0.1) is 32.5 Å². The molecule has 0 aliphatic heterocycles. The highest BCUT2D eigenvalue weighted by Gasteiger charge is 2.23. The van der Waals surface area contributed by atoms with E-state index in [0.717, 1.165) is 25.3 Å². The largest absolute Gasteiger partial charge is 0.496 e. The first-order valence-electron chi connectivity index (χ1n) is 11.4.